The van der Waals surface area contributed by atoms with Crippen molar-refractivity contribution in [2.45, 2.75) is 4.90 Å². The molecule has 0 aromatic heterocycles. The molecule has 0 aliphatic carbocycles. The SMILES string of the molecule is NC(N)=NC(=O)c1ccc(Cl)c(S(=O)(=O)NC(=O)N2CCOCC2)c1. The molecule has 1 aliphatic heterocycles. The van der Waals surface area contributed by atoms with Crippen LogP contribution in [0.15, 0.2) is 28.1 Å². The van der Waals surface area contributed by atoms with E-state index >= 15 is 0 Å². The standard InChI is InChI=1S/C13H16ClN5O5S/c14-9-2-1-8(11(20)17-12(15)16)7-10(9)25(22,23)18-13(21)19-3-5-24-6-4-19/h1-2,7H,3-6H2,(H,18,21)(H4,15,16,17,20). The summed E-state index contributed by atoms with van der Waals surface area (Å²) in [7, 11) is -4.30. The van der Waals surface area contributed by atoms with Gasteiger partial charge < -0.3 is 21.1 Å². The van der Waals surface area contributed by atoms with Gasteiger partial charge in [-0.2, -0.15) is 4.99 Å². The van der Waals surface area contributed by atoms with Gasteiger partial charge in [0, 0.05) is 18.7 Å². The Labute approximate surface area is 148 Å². The van der Waals surface area contributed by atoms with E-state index in [1.165, 1.54) is 17.0 Å². The maximum absolute atomic E-state index is 12.4. The van der Waals surface area contributed by atoms with Gasteiger partial charge in [0.25, 0.3) is 15.9 Å². The number of amides is 3. The van der Waals surface area contributed by atoms with Crippen LogP contribution < -0.4 is 16.2 Å². The Balaban J connectivity index is 2.27. The lowest BCUT2D eigenvalue weighted by Crippen LogP contribution is -2.47. The predicted octanol–water partition coefficient (Wildman–Crippen LogP) is -0.516. The molecule has 25 heavy (non-hydrogen) atoms. The van der Waals surface area contributed by atoms with Crippen LogP contribution in [-0.4, -0.2) is 57.5 Å². The maximum atomic E-state index is 12.4. The Morgan fingerprint density at radius 1 is 1.24 bits per heavy atom. The molecular formula is C13H16ClN5O5S. The van der Waals surface area contributed by atoms with E-state index in [1.54, 1.807) is 0 Å². The largest absolute Gasteiger partial charge is 0.378 e. The fraction of sp³-hybridized carbons (Fsp3) is 0.308. The number of guanidine groups is 1. The summed E-state index contributed by atoms with van der Waals surface area (Å²) in [5, 5.41) is -0.163. The van der Waals surface area contributed by atoms with E-state index in [0.29, 0.717) is 13.2 Å². The molecule has 1 fully saturated rings. The number of benzene rings is 1. The van der Waals surface area contributed by atoms with Gasteiger partial charge in [0.1, 0.15) is 4.90 Å². The van der Waals surface area contributed by atoms with E-state index in [9.17, 15) is 18.0 Å². The number of halogens is 1. The van der Waals surface area contributed by atoms with E-state index in [-0.39, 0.29) is 23.7 Å². The number of sulfonamides is 1. The lowest BCUT2D eigenvalue weighted by Gasteiger charge is -2.26. The van der Waals surface area contributed by atoms with Gasteiger partial charge in [0.15, 0.2) is 5.96 Å². The first-order chi connectivity index (χ1) is 11.7. The second kappa shape index (κ2) is 7.68. The number of ether oxygens (including phenoxy) is 1. The summed E-state index contributed by atoms with van der Waals surface area (Å²) in [6.45, 7) is 1.16. The van der Waals surface area contributed by atoms with Crippen molar-refractivity contribution in [2.24, 2.45) is 16.5 Å². The Kier molecular flexibility index (Phi) is 5.82. The molecule has 0 unspecified atom stereocenters. The van der Waals surface area contributed by atoms with Crippen molar-refractivity contribution in [3.8, 4) is 0 Å². The van der Waals surface area contributed by atoms with Crippen LogP contribution in [0.3, 0.4) is 0 Å². The number of morpholine rings is 1. The van der Waals surface area contributed by atoms with Crippen molar-refractivity contribution in [3.05, 3.63) is 28.8 Å². The van der Waals surface area contributed by atoms with Crippen LogP contribution in [0.1, 0.15) is 10.4 Å². The van der Waals surface area contributed by atoms with Crippen molar-refractivity contribution in [1.82, 2.24) is 9.62 Å². The molecule has 0 bridgehead atoms. The first-order valence-corrected chi connectivity index (χ1v) is 8.90. The molecule has 0 radical (unpaired) electrons. The minimum Gasteiger partial charge on any atom is -0.378 e. The molecule has 0 saturated carbocycles. The van der Waals surface area contributed by atoms with Crippen LogP contribution in [0.2, 0.25) is 5.02 Å². The number of hydrogen-bond donors (Lipinski definition) is 3. The molecule has 5 N–H and O–H groups in total. The van der Waals surface area contributed by atoms with Crippen molar-refractivity contribution < 1.29 is 22.7 Å². The smallest absolute Gasteiger partial charge is 0.331 e. The minimum atomic E-state index is -4.30. The monoisotopic (exact) mass is 389 g/mol. The van der Waals surface area contributed by atoms with Gasteiger partial charge in [-0.1, -0.05) is 11.6 Å². The summed E-state index contributed by atoms with van der Waals surface area (Å²) in [4.78, 5) is 28.1. The molecule has 0 atom stereocenters. The average molecular weight is 390 g/mol. The first-order valence-electron chi connectivity index (χ1n) is 7.03. The van der Waals surface area contributed by atoms with E-state index in [4.69, 9.17) is 27.8 Å². The zero-order chi connectivity index (χ0) is 18.6. The van der Waals surface area contributed by atoms with Gasteiger partial charge in [-0.05, 0) is 18.2 Å². The third-order valence-electron chi connectivity index (χ3n) is 3.22. The van der Waals surface area contributed by atoms with Crippen LogP contribution in [-0.2, 0) is 14.8 Å². The molecule has 136 valence electrons. The normalized spacial score (nSPS) is 14.7. The number of nitrogens with zero attached hydrogens (tertiary/aromatic N) is 2. The maximum Gasteiger partial charge on any atom is 0.331 e. The van der Waals surface area contributed by atoms with Gasteiger partial charge in [0.2, 0.25) is 0 Å². The summed E-state index contributed by atoms with van der Waals surface area (Å²) in [5.41, 5.74) is 10.1. The fourth-order valence-electron chi connectivity index (χ4n) is 2.03. The van der Waals surface area contributed by atoms with Crippen molar-refractivity contribution in [2.75, 3.05) is 26.3 Å². The molecule has 3 amide bonds. The van der Waals surface area contributed by atoms with Gasteiger partial charge in [-0.15, -0.1) is 0 Å². The zero-order valence-corrected chi connectivity index (χ0v) is 14.5. The van der Waals surface area contributed by atoms with E-state index in [1.807, 2.05) is 4.72 Å². The summed E-state index contributed by atoms with van der Waals surface area (Å²) in [5.74, 6) is -1.31. The lowest BCUT2D eigenvalue weighted by atomic mass is 10.2. The highest BCUT2D eigenvalue weighted by molar-refractivity contribution is 7.90. The molecular weight excluding hydrogens is 374 g/mol. The van der Waals surface area contributed by atoms with Gasteiger partial charge >= 0.3 is 6.03 Å². The summed E-state index contributed by atoms with van der Waals surface area (Å²) in [6, 6.07) is 2.65. The van der Waals surface area contributed by atoms with Crippen molar-refractivity contribution >= 4 is 39.5 Å². The zero-order valence-electron chi connectivity index (χ0n) is 12.9. The third-order valence-corrected chi connectivity index (χ3v) is 5.02. The van der Waals surface area contributed by atoms with Crippen LogP contribution in [0.5, 0.6) is 0 Å². The minimum absolute atomic E-state index is 0.100. The number of urea groups is 1. The molecule has 2 rings (SSSR count). The number of aliphatic imine (C=N–C) groups is 1. The molecule has 10 nitrogen and oxygen atoms in total. The quantitative estimate of drug-likeness (QED) is 0.463. The number of nitrogens with two attached hydrogens (primary N) is 2. The highest BCUT2D eigenvalue weighted by Crippen LogP contribution is 2.23. The molecule has 12 heteroatoms. The first kappa shape index (κ1) is 19.0. The molecule has 1 heterocycles. The number of carbonyl (C=O) groups excluding carboxylic acids is 2. The van der Waals surface area contributed by atoms with Gasteiger partial charge in [-0.3, -0.25) is 4.79 Å². The second-order valence-corrected chi connectivity index (χ2v) is 7.06. The number of rotatable bonds is 3. The molecule has 0 spiro atoms. The Morgan fingerprint density at radius 2 is 1.88 bits per heavy atom. The summed E-state index contributed by atoms with van der Waals surface area (Å²) < 4.78 is 31.9. The summed E-state index contributed by atoms with van der Waals surface area (Å²) >= 11 is 5.90. The van der Waals surface area contributed by atoms with Crippen molar-refractivity contribution in [1.29, 1.82) is 0 Å². The van der Waals surface area contributed by atoms with Gasteiger partial charge in [-0.25, -0.2) is 17.9 Å². The van der Waals surface area contributed by atoms with Crippen molar-refractivity contribution in [3.63, 3.8) is 0 Å². The average Bonchev–Trinajstić information content (AvgIpc) is 2.54. The lowest BCUT2D eigenvalue weighted by molar-refractivity contribution is 0.0545. The van der Waals surface area contributed by atoms with E-state index in [0.717, 1.165) is 6.07 Å². The Bertz CT molecular complexity index is 816. The molecule has 1 aromatic carbocycles. The number of hydrogen-bond acceptors (Lipinski definition) is 5. The van der Waals surface area contributed by atoms with Crippen LogP contribution in [0.4, 0.5) is 4.79 Å². The predicted molar refractivity (Wildman–Crippen MR) is 89.7 cm³/mol. The molecule has 1 saturated heterocycles. The highest BCUT2D eigenvalue weighted by Gasteiger charge is 2.26. The van der Waals surface area contributed by atoms with Crippen LogP contribution in [0.25, 0.3) is 0 Å². The van der Waals surface area contributed by atoms with E-state index in [2.05, 4.69) is 4.99 Å². The number of carbonyl (C=O) groups is 2. The molecule has 1 aliphatic rings. The fourth-order valence-corrected chi connectivity index (χ4v) is 3.52. The number of nitrogens with one attached hydrogen (secondary N) is 1. The second-order valence-electron chi connectivity index (χ2n) is 5.00. The van der Waals surface area contributed by atoms with Crippen LogP contribution >= 0.6 is 11.6 Å². The molecule has 1 aromatic rings. The van der Waals surface area contributed by atoms with Gasteiger partial charge in [0.05, 0.1) is 18.2 Å². The summed E-state index contributed by atoms with van der Waals surface area (Å²) in [6.07, 6.45) is 0. The Morgan fingerprint density at radius 3 is 2.48 bits per heavy atom. The third kappa shape index (κ3) is 4.81. The topological polar surface area (TPSA) is 157 Å². The van der Waals surface area contributed by atoms with E-state index < -0.39 is 32.8 Å². The highest BCUT2D eigenvalue weighted by atomic mass is 35.5. The van der Waals surface area contributed by atoms with Crippen LogP contribution in [0, 0.1) is 0 Å². The Hall–Kier alpha value is -2.37.